The molecule has 10 nitrogen and oxygen atoms in total. The molecule has 0 unspecified atom stereocenters. The Morgan fingerprint density at radius 3 is 2.69 bits per heavy atom. The Bertz CT molecular complexity index is 1140. The Morgan fingerprint density at radius 2 is 2.03 bits per heavy atom. The predicted octanol–water partition coefficient (Wildman–Crippen LogP) is 3.84. The number of hydrogen-bond donors (Lipinski definition) is 1. The molecule has 1 aromatic heterocycles. The molecule has 2 aromatic carbocycles. The largest absolute Gasteiger partial charge is 0.493 e. The maximum Gasteiger partial charge on any atom is 0.307 e. The fourth-order valence-electron chi connectivity index (χ4n) is 2.60. The lowest BCUT2D eigenvalue weighted by Crippen LogP contribution is -2.23. The SMILES string of the molecule is COc1cc(C=NNC(=O)Cn2cc([N+](=O)[O-])cn2)ccc1OCc1c(Cl)cccc1Cl. The van der Waals surface area contributed by atoms with Crippen molar-refractivity contribution in [2.45, 2.75) is 13.2 Å². The van der Waals surface area contributed by atoms with Crippen LogP contribution in [0.5, 0.6) is 11.5 Å². The molecule has 32 heavy (non-hydrogen) atoms. The van der Waals surface area contributed by atoms with Crippen molar-refractivity contribution in [1.29, 1.82) is 0 Å². The molecule has 0 saturated heterocycles. The number of nitrogens with zero attached hydrogens (tertiary/aromatic N) is 4. The molecule has 0 aliphatic heterocycles. The van der Waals surface area contributed by atoms with Crippen LogP contribution in [0.4, 0.5) is 5.69 Å². The first kappa shape index (κ1) is 23.0. The predicted molar refractivity (Wildman–Crippen MR) is 118 cm³/mol. The van der Waals surface area contributed by atoms with Gasteiger partial charge < -0.3 is 9.47 Å². The lowest BCUT2D eigenvalue weighted by Gasteiger charge is -2.13. The monoisotopic (exact) mass is 477 g/mol. The van der Waals surface area contributed by atoms with E-state index in [1.54, 1.807) is 36.4 Å². The average Bonchev–Trinajstić information content (AvgIpc) is 3.22. The highest BCUT2D eigenvalue weighted by molar-refractivity contribution is 6.35. The van der Waals surface area contributed by atoms with E-state index in [9.17, 15) is 14.9 Å². The Balaban J connectivity index is 1.59. The smallest absolute Gasteiger partial charge is 0.307 e. The topological polar surface area (TPSA) is 121 Å². The molecule has 166 valence electrons. The van der Waals surface area contributed by atoms with Gasteiger partial charge in [0.15, 0.2) is 11.5 Å². The van der Waals surface area contributed by atoms with Crippen molar-refractivity contribution in [2.75, 3.05) is 7.11 Å². The number of halogens is 2. The highest BCUT2D eigenvalue weighted by Crippen LogP contribution is 2.31. The highest BCUT2D eigenvalue weighted by atomic mass is 35.5. The average molecular weight is 478 g/mol. The summed E-state index contributed by atoms with van der Waals surface area (Å²) in [4.78, 5) is 22.0. The lowest BCUT2D eigenvalue weighted by molar-refractivity contribution is -0.385. The van der Waals surface area contributed by atoms with Crippen LogP contribution in [-0.2, 0) is 17.9 Å². The number of hydrogen-bond acceptors (Lipinski definition) is 7. The summed E-state index contributed by atoms with van der Waals surface area (Å²) in [6, 6.07) is 10.3. The summed E-state index contributed by atoms with van der Waals surface area (Å²) < 4.78 is 12.3. The molecule has 1 N–H and O–H groups in total. The summed E-state index contributed by atoms with van der Waals surface area (Å²) in [5, 5.41) is 19.3. The summed E-state index contributed by atoms with van der Waals surface area (Å²) in [5.74, 6) is 0.431. The third-order valence-electron chi connectivity index (χ3n) is 4.16. The molecular formula is C20H17Cl2N5O5. The van der Waals surface area contributed by atoms with E-state index < -0.39 is 10.8 Å². The number of nitrogens with one attached hydrogen (secondary N) is 1. The standard InChI is InChI=1S/C20H17Cl2N5O5/c1-31-19-7-13(5-6-18(19)32-12-15-16(21)3-2-4-17(15)22)8-23-25-20(28)11-26-10-14(9-24-26)27(29)30/h2-10H,11-12H2,1H3,(H,25,28). The van der Waals surface area contributed by atoms with Gasteiger partial charge in [0.05, 0.1) is 18.2 Å². The molecule has 0 fully saturated rings. The van der Waals surface area contributed by atoms with Crippen LogP contribution in [0.3, 0.4) is 0 Å². The first-order chi connectivity index (χ1) is 15.4. The van der Waals surface area contributed by atoms with Gasteiger partial charge in [0.1, 0.15) is 25.5 Å². The van der Waals surface area contributed by atoms with Crippen molar-refractivity contribution in [2.24, 2.45) is 5.10 Å². The van der Waals surface area contributed by atoms with Crippen LogP contribution in [0, 0.1) is 10.1 Å². The van der Waals surface area contributed by atoms with Gasteiger partial charge in [-0.25, -0.2) is 5.43 Å². The zero-order valence-corrected chi connectivity index (χ0v) is 18.2. The number of methoxy groups -OCH3 is 1. The fraction of sp³-hybridized carbons (Fsp3) is 0.150. The second kappa shape index (κ2) is 10.6. The van der Waals surface area contributed by atoms with E-state index in [4.69, 9.17) is 32.7 Å². The van der Waals surface area contributed by atoms with E-state index in [-0.39, 0.29) is 18.8 Å². The van der Waals surface area contributed by atoms with Gasteiger partial charge in [0.25, 0.3) is 5.91 Å². The second-order valence-electron chi connectivity index (χ2n) is 6.35. The molecule has 3 aromatic rings. The van der Waals surface area contributed by atoms with Crippen LogP contribution >= 0.6 is 23.2 Å². The number of amides is 1. The maximum atomic E-state index is 11.9. The van der Waals surface area contributed by atoms with Crippen molar-refractivity contribution in [3.05, 3.63) is 80.1 Å². The lowest BCUT2D eigenvalue weighted by atomic mass is 10.2. The van der Waals surface area contributed by atoms with Crippen molar-refractivity contribution in [3.63, 3.8) is 0 Å². The van der Waals surface area contributed by atoms with Gasteiger partial charge >= 0.3 is 5.69 Å². The molecular weight excluding hydrogens is 461 g/mol. The number of hydrazone groups is 1. The third kappa shape index (κ3) is 5.96. The molecule has 1 heterocycles. The van der Waals surface area contributed by atoms with Crippen molar-refractivity contribution < 1.29 is 19.2 Å². The summed E-state index contributed by atoms with van der Waals surface area (Å²) in [6.45, 7) is -0.0597. The van der Waals surface area contributed by atoms with Gasteiger partial charge in [-0.15, -0.1) is 0 Å². The minimum atomic E-state index is -0.594. The number of benzene rings is 2. The van der Waals surface area contributed by atoms with Crippen LogP contribution in [0.15, 0.2) is 53.9 Å². The Morgan fingerprint density at radius 1 is 1.28 bits per heavy atom. The molecule has 0 aliphatic rings. The molecule has 0 saturated carbocycles. The number of nitro groups is 1. The van der Waals surface area contributed by atoms with E-state index >= 15 is 0 Å². The summed E-state index contributed by atoms with van der Waals surface area (Å²) in [7, 11) is 1.50. The molecule has 1 amide bonds. The highest BCUT2D eigenvalue weighted by Gasteiger charge is 2.12. The van der Waals surface area contributed by atoms with Crippen LogP contribution in [0.1, 0.15) is 11.1 Å². The van der Waals surface area contributed by atoms with Crippen LogP contribution < -0.4 is 14.9 Å². The van der Waals surface area contributed by atoms with E-state index in [0.717, 1.165) is 17.1 Å². The summed E-state index contributed by atoms with van der Waals surface area (Å²) >= 11 is 12.3. The minimum absolute atomic E-state index is 0.157. The molecule has 0 aliphatic carbocycles. The zero-order valence-electron chi connectivity index (χ0n) is 16.7. The molecule has 12 heteroatoms. The van der Waals surface area contributed by atoms with Gasteiger partial charge in [-0.05, 0) is 35.9 Å². The van der Waals surface area contributed by atoms with E-state index in [1.807, 2.05) is 0 Å². The summed E-state index contributed by atoms with van der Waals surface area (Å²) in [6.07, 6.45) is 3.63. The van der Waals surface area contributed by atoms with Gasteiger partial charge in [-0.3, -0.25) is 19.6 Å². The normalized spacial score (nSPS) is 10.8. The van der Waals surface area contributed by atoms with Crippen LogP contribution in [0.25, 0.3) is 0 Å². The maximum absolute atomic E-state index is 11.9. The summed E-state index contributed by atoms with van der Waals surface area (Å²) in [5.41, 5.74) is 3.43. The zero-order chi connectivity index (χ0) is 23.1. The first-order valence-electron chi connectivity index (χ1n) is 9.10. The number of carbonyl (C=O) groups is 1. The minimum Gasteiger partial charge on any atom is -0.493 e. The molecule has 0 spiro atoms. The van der Waals surface area contributed by atoms with Crippen molar-refractivity contribution >= 4 is 41.0 Å². The van der Waals surface area contributed by atoms with E-state index in [0.29, 0.717) is 32.7 Å². The number of carbonyl (C=O) groups excluding carboxylic acids is 1. The number of ether oxygens (including phenoxy) is 2. The second-order valence-corrected chi connectivity index (χ2v) is 7.16. The van der Waals surface area contributed by atoms with Gasteiger partial charge in [-0.2, -0.15) is 10.2 Å². The Hall–Kier alpha value is -3.63. The van der Waals surface area contributed by atoms with Crippen LogP contribution in [0.2, 0.25) is 10.0 Å². The first-order valence-corrected chi connectivity index (χ1v) is 9.85. The van der Waals surface area contributed by atoms with Gasteiger partial charge in [0.2, 0.25) is 0 Å². The Labute approximate surface area is 192 Å². The third-order valence-corrected chi connectivity index (χ3v) is 4.87. The Kier molecular flexibility index (Phi) is 7.63. The van der Waals surface area contributed by atoms with E-state index in [2.05, 4.69) is 15.6 Å². The van der Waals surface area contributed by atoms with Gasteiger partial charge in [0, 0.05) is 15.6 Å². The number of rotatable bonds is 9. The quantitative estimate of drug-likeness (QED) is 0.284. The molecule has 0 bridgehead atoms. The van der Waals surface area contributed by atoms with Gasteiger partial charge in [-0.1, -0.05) is 29.3 Å². The molecule has 0 atom stereocenters. The van der Waals surface area contributed by atoms with Crippen molar-refractivity contribution in [1.82, 2.24) is 15.2 Å². The fourth-order valence-corrected chi connectivity index (χ4v) is 3.11. The van der Waals surface area contributed by atoms with Crippen molar-refractivity contribution in [3.8, 4) is 11.5 Å². The number of aromatic nitrogens is 2. The molecule has 0 radical (unpaired) electrons. The van der Waals surface area contributed by atoms with E-state index in [1.165, 1.54) is 13.3 Å². The van der Waals surface area contributed by atoms with Crippen LogP contribution in [-0.4, -0.2) is 33.9 Å². The molecule has 3 rings (SSSR count).